The van der Waals surface area contributed by atoms with Gasteiger partial charge in [-0.15, -0.1) is 0 Å². The number of nitrogens with zero attached hydrogens (tertiary/aromatic N) is 2. The van der Waals surface area contributed by atoms with Crippen LogP contribution >= 0.6 is 11.6 Å². The van der Waals surface area contributed by atoms with E-state index in [-0.39, 0.29) is 6.09 Å². The molecule has 1 heterocycles. The fraction of sp³-hybridized carbons (Fsp3) is 0.562. The summed E-state index contributed by atoms with van der Waals surface area (Å²) in [6.07, 6.45) is -0.247. The third kappa shape index (κ3) is 4.27. The van der Waals surface area contributed by atoms with Gasteiger partial charge >= 0.3 is 6.09 Å². The van der Waals surface area contributed by atoms with Gasteiger partial charge in [0.1, 0.15) is 5.60 Å². The summed E-state index contributed by atoms with van der Waals surface area (Å²) in [4.78, 5) is 16.0. The average molecular weight is 326 g/mol. The van der Waals surface area contributed by atoms with Crippen molar-refractivity contribution in [1.82, 2.24) is 4.90 Å². The molecule has 1 fully saturated rings. The van der Waals surface area contributed by atoms with Crippen LogP contribution in [0, 0.1) is 0 Å². The van der Waals surface area contributed by atoms with E-state index in [9.17, 15) is 4.79 Å². The molecule has 5 nitrogen and oxygen atoms in total. The van der Waals surface area contributed by atoms with Crippen LogP contribution in [0.5, 0.6) is 0 Å². The van der Waals surface area contributed by atoms with Crippen LogP contribution in [-0.4, -0.2) is 42.8 Å². The molecular weight excluding hydrogens is 302 g/mol. The summed E-state index contributed by atoms with van der Waals surface area (Å²) in [6, 6.07) is 5.92. The van der Waals surface area contributed by atoms with E-state index in [1.165, 1.54) is 0 Å². The van der Waals surface area contributed by atoms with Gasteiger partial charge in [-0.3, -0.25) is 0 Å². The molecule has 22 heavy (non-hydrogen) atoms. The van der Waals surface area contributed by atoms with E-state index in [4.69, 9.17) is 22.1 Å². The minimum atomic E-state index is -0.459. The van der Waals surface area contributed by atoms with Gasteiger partial charge in [-0.25, -0.2) is 4.79 Å². The van der Waals surface area contributed by atoms with Crippen LogP contribution < -0.4 is 10.6 Å². The first kappa shape index (κ1) is 16.9. The van der Waals surface area contributed by atoms with Crippen LogP contribution in [0.2, 0.25) is 5.02 Å². The lowest BCUT2D eigenvalue weighted by Crippen LogP contribution is -2.50. The van der Waals surface area contributed by atoms with Gasteiger partial charge in [-0.1, -0.05) is 17.7 Å². The first-order valence-electron chi connectivity index (χ1n) is 7.51. The van der Waals surface area contributed by atoms with Crippen LogP contribution in [0.4, 0.5) is 10.5 Å². The van der Waals surface area contributed by atoms with Crippen LogP contribution in [0.3, 0.4) is 0 Å². The van der Waals surface area contributed by atoms with Gasteiger partial charge in [0.25, 0.3) is 0 Å². The van der Waals surface area contributed by atoms with Crippen molar-refractivity contribution in [3.63, 3.8) is 0 Å². The maximum atomic E-state index is 12.0. The Morgan fingerprint density at radius 3 is 2.41 bits per heavy atom. The Labute approximate surface area is 137 Å². The molecule has 2 rings (SSSR count). The molecule has 6 heteroatoms. The van der Waals surface area contributed by atoms with Crippen molar-refractivity contribution in [3.8, 4) is 0 Å². The Kier molecular flexibility index (Phi) is 5.19. The average Bonchev–Trinajstić information content (AvgIpc) is 2.45. The molecule has 2 N–H and O–H groups in total. The van der Waals surface area contributed by atoms with E-state index in [1.807, 2.05) is 39.0 Å². The van der Waals surface area contributed by atoms with Crippen molar-refractivity contribution in [2.24, 2.45) is 5.73 Å². The molecule has 1 aliphatic rings. The van der Waals surface area contributed by atoms with E-state index in [0.29, 0.717) is 24.7 Å². The lowest BCUT2D eigenvalue weighted by molar-refractivity contribution is 0.0240. The maximum Gasteiger partial charge on any atom is 0.410 e. The quantitative estimate of drug-likeness (QED) is 0.908. The number of benzene rings is 1. The second-order valence-electron chi connectivity index (χ2n) is 6.43. The van der Waals surface area contributed by atoms with E-state index in [1.54, 1.807) is 4.90 Å². The monoisotopic (exact) mass is 325 g/mol. The van der Waals surface area contributed by atoms with Crippen molar-refractivity contribution in [2.45, 2.75) is 32.9 Å². The van der Waals surface area contributed by atoms with Gasteiger partial charge in [-0.2, -0.15) is 0 Å². The lowest BCUT2D eigenvalue weighted by atomic mass is 10.1. The Morgan fingerprint density at radius 2 is 1.91 bits per heavy atom. The van der Waals surface area contributed by atoms with Gasteiger partial charge in [0.2, 0.25) is 0 Å². The smallest absolute Gasteiger partial charge is 0.410 e. The molecule has 1 aliphatic heterocycles. The normalized spacial score (nSPS) is 15.9. The van der Waals surface area contributed by atoms with Crippen LogP contribution in [-0.2, 0) is 11.3 Å². The number of halogens is 1. The fourth-order valence-electron chi connectivity index (χ4n) is 2.37. The minimum Gasteiger partial charge on any atom is -0.444 e. The van der Waals surface area contributed by atoms with Crippen molar-refractivity contribution in [1.29, 1.82) is 0 Å². The maximum absolute atomic E-state index is 12.0. The van der Waals surface area contributed by atoms with Gasteiger partial charge in [0, 0.05) is 43.4 Å². The highest BCUT2D eigenvalue weighted by molar-refractivity contribution is 6.31. The highest BCUT2D eigenvalue weighted by Crippen LogP contribution is 2.24. The predicted octanol–water partition coefficient (Wildman–Crippen LogP) is 2.86. The molecule has 0 saturated carbocycles. The molecule has 0 radical (unpaired) electrons. The highest BCUT2D eigenvalue weighted by atomic mass is 35.5. The first-order chi connectivity index (χ1) is 10.3. The number of amides is 1. The number of piperazine rings is 1. The van der Waals surface area contributed by atoms with Crippen molar-refractivity contribution < 1.29 is 9.53 Å². The van der Waals surface area contributed by atoms with Crippen molar-refractivity contribution in [3.05, 3.63) is 28.8 Å². The zero-order valence-electron chi connectivity index (χ0n) is 13.4. The van der Waals surface area contributed by atoms with Gasteiger partial charge in [0.05, 0.1) is 0 Å². The van der Waals surface area contributed by atoms with Crippen LogP contribution in [0.1, 0.15) is 26.3 Å². The van der Waals surface area contributed by atoms with E-state index in [2.05, 4.69) is 4.90 Å². The zero-order chi connectivity index (χ0) is 16.3. The number of ether oxygens (including phenoxy) is 1. The topological polar surface area (TPSA) is 58.8 Å². The minimum absolute atomic E-state index is 0.247. The largest absolute Gasteiger partial charge is 0.444 e. The molecular formula is C16H24ClN3O2. The summed E-state index contributed by atoms with van der Waals surface area (Å²) in [6.45, 7) is 8.88. The molecule has 122 valence electrons. The second kappa shape index (κ2) is 6.75. The standard InChI is InChI=1S/C16H24ClN3O2/c1-16(2,3)22-15(21)20-8-6-19(7-9-20)13-5-4-12(11-18)14(17)10-13/h4-5,10H,6-9,11,18H2,1-3H3. The van der Waals surface area contributed by atoms with E-state index >= 15 is 0 Å². The second-order valence-corrected chi connectivity index (χ2v) is 6.84. The summed E-state index contributed by atoms with van der Waals surface area (Å²) >= 11 is 6.21. The van der Waals surface area contributed by atoms with Crippen molar-refractivity contribution in [2.75, 3.05) is 31.1 Å². The van der Waals surface area contributed by atoms with E-state index < -0.39 is 5.60 Å². The van der Waals surface area contributed by atoms with Gasteiger partial charge < -0.3 is 20.3 Å². The summed E-state index contributed by atoms with van der Waals surface area (Å²) in [7, 11) is 0. The highest BCUT2D eigenvalue weighted by Gasteiger charge is 2.26. The van der Waals surface area contributed by atoms with Crippen LogP contribution in [0.15, 0.2) is 18.2 Å². The molecule has 1 saturated heterocycles. The Hall–Kier alpha value is -1.46. The predicted molar refractivity (Wildman–Crippen MR) is 89.4 cm³/mol. The molecule has 1 amide bonds. The molecule has 0 bridgehead atoms. The lowest BCUT2D eigenvalue weighted by Gasteiger charge is -2.36. The fourth-order valence-corrected chi connectivity index (χ4v) is 2.62. The number of anilines is 1. The van der Waals surface area contributed by atoms with Gasteiger partial charge in [-0.05, 0) is 38.5 Å². The molecule has 0 aliphatic carbocycles. The summed E-state index contributed by atoms with van der Waals surface area (Å²) in [5.41, 5.74) is 7.17. The van der Waals surface area contributed by atoms with Gasteiger partial charge in [0.15, 0.2) is 0 Å². The molecule has 0 unspecified atom stereocenters. The Morgan fingerprint density at radius 1 is 1.27 bits per heavy atom. The number of carbonyl (C=O) groups excluding carboxylic acids is 1. The number of hydrogen-bond acceptors (Lipinski definition) is 4. The number of carbonyl (C=O) groups is 1. The first-order valence-corrected chi connectivity index (χ1v) is 7.89. The Bertz CT molecular complexity index is 535. The Balaban J connectivity index is 1.94. The number of rotatable bonds is 2. The molecule has 0 atom stereocenters. The third-order valence-electron chi connectivity index (χ3n) is 3.55. The number of nitrogens with two attached hydrogens (primary N) is 1. The molecule has 0 aromatic heterocycles. The third-order valence-corrected chi connectivity index (χ3v) is 3.90. The summed E-state index contributed by atoms with van der Waals surface area (Å²) in [5, 5.41) is 0.689. The summed E-state index contributed by atoms with van der Waals surface area (Å²) < 4.78 is 5.40. The molecule has 0 spiro atoms. The zero-order valence-corrected chi connectivity index (χ0v) is 14.2. The van der Waals surface area contributed by atoms with Crippen molar-refractivity contribution >= 4 is 23.4 Å². The SMILES string of the molecule is CC(C)(C)OC(=O)N1CCN(c2ccc(CN)c(Cl)c2)CC1. The molecule has 1 aromatic rings. The van der Waals surface area contributed by atoms with E-state index in [0.717, 1.165) is 24.3 Å². The summed E-state index contributed by atoms with van der Waals surface area (Å²) in [5.74, 6) is 0. The number of hydrogen-bond donors (Lipinski definition) is 1. The van der Waals surface area contributed by atoms with Crippen LogP contribution in [0.25, 0.3) is 0 Å². The molecule has 1 aromatic carbocycles.